The van der Waals surface area contributed by atoms with Crippen LogP contribution in [0.2, 0.25) is 0 Å². The highest BCUT2D eigenvalue weighted by Gasteiger charge is 2.36. The third kappa shape index (κ3) is 2.54. The topological polar surface area (TPSA) is 148 Å². The molecule has 4 aromatic rings. The van der Waals surface area contributed by atoms with Gasteiger partial charge in [0.25, 0.3) is 11.2 Å². The minimum absolute atomic E-state index is 0.0627. The third-order valence-electron chi connectivity index (χ3n) is 4.94. The first-order chi connectivity index (χ1) is 14.4. The number of benzene rings is 2. The number of aromatic amines is 2. The lowest BCUT2D eigenvalue weighted by Crippen LogP contribution is -2.31. The average Bonchev–Trinajstić information content (AvgIpc) is 2.73. The summed E-state index contributed by atoms with van der Waals surface area (Å²) in [4.78, 5) is 52.3. The molecule has 0 spiro atoms. The lowest BCUT2D eigenvalue weighted by atomic mass is 9.86. The van der Waals surface area contributed by atoms with Crippen LogP contribution in [0.3, 0.4) is 0 Å². The fourth-order valence-corrected chi connectivity index (χ4v) is 3.66. The monoisotopic (exact) mass is 405 g/mol. The molecular weight excluding hydrogens is 394 g/mol. The van der Waals surface area contributed by atoms with Crippen LogP contribution in [0.15, 0.2) is 67.3 Å². The Hall–Kier alpha value is -4.47. The molecule has 0 saturated carbocycles. The predicted molar refractivity (Wildman–Crippen MR) is 104 cm³/mol. The summed E-state index contributed by atoms with van der Waals surface area (Å²) in [5.41, 5.74) is -1.53. The number of hydrogen-bond acceptors (Lipinski definition) is 7. The van der Waals surface area contributed by atoms with Gasteiger partial charge in [-0.3, -0.25) is 19.9 Å². The number of H-pyrrole nitrogens is 2. The van der Waals surface area contributed by atoms with Crippen molar-refractivity contribution in [2.24, 2.45) is 0 Å². The van der Waals surface area contributed by atoms with Gasteiger partial charge in [0.05, 0.1) is 27.5 Å². The number of hydrogen-bond donors (Lipinski definition) is 2. The Balaban J connectivity index is 1.87. The van der Waals surface area contributed by atoms with Gasteiger partial charge in [-0.1, -0.05) is 24.3 Å². The molecule has 148 valence electrons. The molecule has 0 radical (unpaired) electrons. The fourth-order valence-electron chi connectivity index (χ4n) is 3.66. The Labute approximate surface area is 165 Å². The number of ether oxygens (including phenoxy) is 1. The number of nitrogens with one attached hydrogen (secondary N) is 2. The molecule has 10 nitrogen and oxygen atoms in total. The van der Waals surface area contributed by atoms with Crippen molar-refractivity contribution in [1.82, 2.24) is 9.97 Å². The number of non-ortho nitro benzene ring substituents is 1. The molecule has 3 heterocycles. The number of rotatable bonds is 2. The van der Waals surface area contributed by atoms with E-state index < -0.39 is 27.7 Å². The summed E-state index contributed by atoms with van der Waals surface area (Å²) in [6, 6.07) is 12.1. The lowest BCUT2D eigenvalue weighted by molar-refractivity contribution is -0.384. The van der Waals surface area contributed by atoms with Crippen LogP contribution in [0.1, 0.15) is 22.7 Å². The van der Waals surface area contributed by atoms with Gasteiger partial charge < -0.3 is 14.1 Å². The highest BCUT2D eigenvalue weighted by Crippen LogP contribution is 2.45. The van der Waals surface area contributed by atoms with Crippen LogP contribution >= 0.6 is 0 Å². The summed E-state index contributed by atoms with van der Waals surface area (Å²) in [5, 5.41) is 11.5. The standard InChI is InChI=1S/C20H11N3O7/c24-18-17-15(21-20(26)22-18)13(9-5-7-10(8-6-9)23(27)28)14-16(30-17)11-3-1-2-4-12(11)29-19(14)25/h1-8,13H,(H2,21,22,24,26). The quantitative estimate of drug-likeness (QED) is 0.260. The van der Waals surface area contributed by atoms with E-state index in [1.165, 1.54) is 24.3 Å². The van der Waals surface area contributed by atoms with E-state index in [1.807, 2.05) is 0 Å². The van der Waals surface area contributed by atoms with E-state index in [1.54, 1.807) is 24.3 Å². The Kier molecular flexibility index (Phi) is 3.68. The first-order valence-corrected chi connectivity index (χ1v) is 8.78. The third-order valence-corrected chi connectivity index (χ3v) is 4.94. The molecule has 2 aromatic heterocycles. The van der Waals surface area contributed by atoms with Crippen molar-refractivity contribution in [2.45, 2.75) is 5.92 Å². The van der Waals surface area contributed by atoms with Gasteiger partial charge in [0.15, 0.2) is 0 Å². The Morgan fingerprint density at radius 1 is 0.933 bits per heavy atom. The maximum Gasteiger partial charge on any atom is 0.344 e. The fraction of sp³-hybridized carbons (Fsp3) is 0.0500. The highest BCUT2D eigenvalue weighted by atomic mass is 16.6. The van der Waals surface area contributed by atoms with Gasteiger partial charge in [-0.2, -0.15) is 0 Å². The van der Waals surface area contributed by atoms with Crippen LogP contribution in [0.5, 0.6) is 11.5 Å². The molecule has 1 unspecified atom stereocenters. The van der Waals surface area contributed by atoms with Gasteiger partial charge in [-0.25, -0.2) is 9.59 Å². The SMILES string of the molecule is O=c1[nH]c2c(c(=O)[nH]1)Oc1c(c(=O)oc3ccccc13)C2c1ccc([N+](=O)[O-])cc1. The van der Waals surface area contributed by atoms with Crippen molar-refractivity contribution in [3.8, 4) is 11.5 Å². The molecule has 0 saturated heterocycles. The summed E-state index contributed by atoms with van der Waals surface area (Å²) in [6.45, 7) is 0. The molecule has 1 atom stereocenters. The van der Waals surface area contributed by atoms with Gasteiger partial charge in [-0.05, 0) is 17.7 Å². The van der Waals surface area contributed by atoms with Crippen LogP contribution in [-0.4, -0.2) is 14.9 Å². The van der Waals surface area contributed by atoms with E-state index in [4.69, 9.17) is 9.15 Å². The number of nitro groups is 1. The molecule has 2 aromatic carbocycles. The maximum atomic E-state index is 12.9. The molecule has 1 aliphatic heterocycles. The van der Waals surface area contributed by atoms with Crippen molar-refractivity contribution < 1.29 is 14.1 Å². The second kappa shape index (κ2) is 6.27. The first kappa shape index (κ1) is 17.6. The molecule has 0 aliphatic carbocycles. The van der Waals surface area contributed by atoms with E-state index >= 15 is 0 Å². The van der Waals surface area contributed by atoms with Crippen LogP contribution < -0.4 is 21.6 Å². The normalized spacial score (nSPS) is 14.6. The zero-order valence-corrected chi connectivity index (χ0v) is 15.0. The Morgan fingerprint density at radius 3 is 2.40 bits per heavy atom. The van der Waals surface area contributed by atoms with Crippen LogP contribution in [0.25, 0.3) is 11.0 Å². The van der Waals surface area contributed by atoms with E-state index in [-0.39, 0.29) is 34.0 Å². The van der Waals surface area contributed by atoms with Crippen molar-refractivity contribution in [2.75, 3.05) is 0 Å². The highest BCUT2D eigenvalue weighted by molar-refractivity contribution is 5.86. The zero-order valence-electron chi connectivity index (χ0n) is 15.0. The van der Waals surface area contributed by atoms with Crippen molar-refractivity contribution in [3.05, 3.63) is 107 Å². The van der Waals surface area contributed by atoms with Gasteiger partial charge in [0.2, 0.25) is 5.75 Å². The second-order valence-corrected chi connectivity index (χ2v) is 6.66. The average molecular weight is 405 g/mol. The van der Waals surface area contributed by atoms with Crippen LogP contribution in [-0.2, 0) is 0 Å². The molecule has 5 rings (SSSR count). The minimum Gasteiger partial charge on any atom is -0.448 e. The summed E-state index contributed by atoms with van der Waals surface area (Å²) in [7, 11) is 0. The van der Waals surface area contributed by atoms with Crippen molar-refractivity contribution >= 4 is 16.7 Å². The number of fused-ring (bicyclic) bond motifs is 4. The second-order valence-electron chi connectivity index (χ2n) is 6.66. The first-order valence-electron chi connectivity index (χ1n) is 8.78. The number of nitrogens with zero attached hydrogens (tertiary/aromatic N) is 1. The Bertz CT molecular complexity index is 1510. The van der Waals surface area contributed by atoms with E-state index in [0.717, 1.165) is 0 Å². The summed E-state index contributed by atoms with van der Waals surface area (Å²) in [5.74, 6) is -0.961. The lowest BCUT2D eigenvalue weighted by Gasteiger charge is -2.26. The summed E-state index contributed by atoms with van der Waals surface area (Å²) < 4.78 is 11.2. The number of nitro benzene ring substituents is 1. The number of para-hydroxylation sites is 1. The van der Waals surface area contributed by atoms with Crippen molar-refractivity contribution in [1.29, 1.82) is 0 Å². The molecule has 0 fully saturated rings. The van der Waals surface area contributed by atoms with E-state index in [0.29, 0.717) is 10.9 Å². The van der Waals surface area contributed by atoms with Gasteiger partial charge >= 0.3 is 11.3 Å². The van der Waals surface area contributed by atoms with Crippen LogP contribution in [0.4, 0.5) is 5.69 Å². The predicted octanol–water partition coefficient (Wildman–Crippen LogP) is 2.36. The summed E-state index contributed by atoms with van der Waals surface area (Å²) in [6.07, 6.45) is 0. The van der Waals surface area contributed by atoms with Crippen molar-refractivity contribution in [3.63, 3.8) is 0 Å². The molecule has 30 heavy (non-hydrogen) atoms. The zero-order chi connectivity index (χ0) is 21.0. The molecule has 2 N–H and O–H groups in total. The molecular formula is C20H11N3O7. The maximum absolute atomic E-state index is 12.9. The van der Waals surface area contributed by atoms with Crippen LogP contribution in [0, 0.1) is 10.1 Å². The molecule has 0 amide bonds. The smallest absolute Gasteiger partial charge is 0.344 e. The van der Waals surface area contributed by atoms with E-state index in [9.17, 15) is 24.5 Å². The molecule has 10 heteroatoms. The minimum atomic E-state index is -0.930. The van der Waals surface area contributed by atoms with Gasteiger partial charge in [0.1, 0.15) is 11.3 Å². The largest absolute Gasteiger partial charge is 0.448 e. The van der Waals surface area contributed by atoms with E-state index in [2.05, 4.69) is 9.97 Å². The van der Waals surface area contributed by atoms with Gasteiger partial charge in [0, 0.05) is 12.1 Å². The summed E-state index contributed by atoms with van der Waals surface area (Å²) >= 11 is 0. The number of aromatic nitrogens is 2. The molecule has 1 aliphatic rings. The molecule has 0 bridgehead atoms. The Morgan fingerprint density at radius 2 is 1.67 bits per heavy atom. The van der Waals surface area contributed by atoms with Gasteiger partial charge in [-0.15, -0.1) is 0 Å².